The van der Waals surface area contributed by atoms with Gasteiger partial charge in [0.15, 0.2) is 0 Å². The maximum Gasteiger partial charge on any atom is 0.0402 e. The lowest BCUT2D eigenvalue weighted by molar-refractivity contribution is 0.766. The second-order valence-electron chi connectivity index (χ2n) is 3.21. The van der Waals surface area contributed by atoms with Crippen molar-refractivity contribution in [3.63, 3.8) is 0 Å². The predicted molar refractivity (Wildman–Crippen MR) is 53.3 cm³/mol. The van der Waals surface area contributed by atoms with Crippen LogP contribution in [0.2, 0.25) is 0 Å². The molecule has 0 amide bonds. The van der Waals surface area contributed by atoms with Crippen LogP contribution in [-0.2, 0) is 0 Å². The van der Waals surface area contributed by atoms with Gasteiger partial charge in [0, 0.05) is 6.20 Å². The molecule has 0 aromatic rings. The van der Waals surface area contributed by atoms with Gasteiger partial charge in [-0.25, -0.2) is 4.99 Å². The number of hydrogen-bond donors (Lipinski definition) is 0. The van der Waals surface area contributed by atoms with E-state index >= 15 is 0 Å². The van der Waals surface area contributed by atoms with Crippen LogP contribution in [0.25, 0.3) is 0 Å². The molecule has 0 aliphatic carbocycles. The third-order valence-corrected chi connectivity index (χ3v) is 2.01. The Kier molecular flexibility index (Phi) is 3.07. The number of allylic oxidation sites excluding steroid dienone is 4. The summed E-state index contributed by atoms with van der Waals surface area (Å²) in [4.78, 5) is 4.04. The van der Waals surface area contributed by atoms with Crippen molar-refractivity contribution in [2.45, 2.75) is 27.2 Å². The molecular weight excluding hydrogens is 146 g/mol. The predicted octanol–water partition coefficient (Wildman–Crippen LogP) is 3.10. The van der Waals surface area contributed by atoms with Gasteiger partial charge in [0.2, 0.25) is 0 Å². The van der Waals surface area contributed by atoms with Crippen molar-refractivity contribution in [2.75, 3.05) is 0 Å². The molecule has 0 spiro atoms. The van der Waals surface area contributed by atoms with E-state index in [0.29, 0.717) is 5.92 Å². The summed E-state index contributed by atoms with van der Waals surface area (Å²) in [5, 5.41) is 0. The summed E-state index contributed by atoms with van der Waals surface area (Å²) < 4.78 is 0. The zero-order chi connectivity index (χ0) is 8.97. The highest BCUT2D eigenvalue weighted by molar-refractivity contribution is 5.59. The summed E-state index contributed by atoms with van der Waals surface area (Å²) in [5.41, 5.74) is 2.71. The van der Waals surface area contributed by atoms with E-state index in [0.717, 1.165) is 6.42 Å². The quantitative estimate of drug-likeness (QED) is 0.590. The molecule has 0 saturated heterocycles. The normalized spacial score (nSPS) is 16.0. The largest absolute Gasteiger partial charge is 0.214 e. The van der Waals surface area contributed by atoms with Gasteiger partial charge in [0.25, 0.3) is 0 Å². The summed E-state index contributed by atoms with van der Waals surface area (Å²) in [7, 11) is 0. The first-order valence-corrected chi connectivity index (χ1v) is 4.44. The van der Waals surface area contributed by atoms with Crippen molar-refractivity contribution in [1.29, 1.82) is 0 Å². The molecule has 0 saturated carbocycles. The summed E-state index contributed by atoms with van der Waals surface area (Å²) in [6, 6.07) is 0. The minimum atomic E-state index is 0.572. The van der Waals surface area contributed by atoms with E-state index in [-0.39, 0.29) is 0 Å². The van der Waals surface area contributed by atoms with E-state index in [4.69, 9.17) is 0 Å². The van der Waals surface area contributed by atoms with Gasteiger partial charge in [-0.1, -0.05) is 20.8 Å². The third-order valence-electron chi connectivity index (χ3n) is 2.01. The molecule has 0 aromatic carbocycles. The SMILES string of the molecule is CCC1=CN=C=CC=C1C(C)C. The van der Waals surface area contributed by atoms with Gasteiger partial charge in [0.05, 0.1) is 0 Å². The van der Waals surface area contributed by atoms with Crippen molar-refractivity contribution in [2.24, 2.45) is 10.9 Å². The maximum absolute atomic E-state index is 4.04. The molecule has 1 nitrogen and oxygen atoms in total. The Hall–Kier alpha value is -1.07. The van der Waals surface area contributed by atoms with E-state index in [1.807, 2.05) is 12.3 Å². The first-order chi connectivity index (χ1) is 5.75. The standard InChI is InChI=1S/C11H15N/c1-4-10-8-12-7-5-6-11(10)9(2)3/h5-6,8-9H,4H2,1-3H3. The van der Waals surface area contributed by atoms with Gasteiger partial charge in [-0.15, -0.1) is 0 Å². The smallest absolute Gasteiger partial charge is 0.0402 e. The van der Waals surface area contributed by atoms with Crippen LogP contribution < -0.4 is 0 Å². The van der Waals surface area contributed by atoms with Crippen molar-refractivity contribution < 1.29 is 0 Å². The second kappa shape index (κ2) is 4.08. The molecule has 0 atom stereocenters. The summed E-state index contributed by atoms with van der Waals surface area (Å²) in [5.74, 6) is 3.42. The van der Waals surface area contributed by atoms with Crippen molar-refractivity contribution >= 4 is 5.87 Å². The lowest BCUT2D eigenvalue weighted by atomic mass is 9.94. The monoisotopic (exact) mass is 161 g/mol. The molecule has 1 heteroatoms. The van der Waals surface area contributed by atoms with Gasteiger partial charge < -0.3 is 0 Å². The fourth-order valence-electron chi connectivity index (χ4n) is 1.33. The number of nitrogens with zero attached hydrogens (tertiary/aromatic N) is 1. The number of aliphatic imine (C=N–C) groups is 1. The van der Waals surface area contributed by atoms with Crippen LogP contribution in [0.4, 0.5) is 0 Å². The molecule has 0 fully saturated rings. The Labute approximate surface area is 74.2 Å². The Bertz CT molecular complexity index is 273. The first kappa shape index (κ1) is 9.02. The van der Waals surface area contributed by atoms with Crippen LogP contribution in [0.3, 0.4) is 0 Å². The van der Waals surface area contributed by atoms with Crippen LogP contribution in [0, 0.1) is 5.92 Å². The average molecular weight is 161 g/mol. The Morgan fingerprint density at radius 2 is 2.25 bits per heavy atom. The summed E-state index contributed by atoms with van der Waals surface area (Å²) >= 11 is 0. The summed E-state index contributed by atoms with van der Waals surface area (Å²) in [6.07, 6.45) is 6.95. The van der Waals surface area contributed by atoms with E-state index in [9.17, 15) is 0 Å². The van der Waals surface area contributed by atoms with E-state index in [1.165, 1.54) is 11.1 Å². The lowest BCUT2D eigenvalue weighted by Crippen LogP contribution is -1.96. The Balaban J connectivity index is 2.97. The van der Waals surface area contributed by atoms with Crippen LogP contribution in [0.5, 0.6) is 0 Å². The summed E-state index contributed by atoms with van der Waals surface area (Å²) in [6.45, 7) is 6.56. The minimum absolute atomic E-state index is 0.572. The van der Waals surface area contributed by atoms with E-state index in [2.05, 4.69) is 37.7 Å². The van der Waals surface area contributed by atoms with Gasteiger partial charge in [0.1, 0.15) is 0 Å². The molecule has 0 radical (unpaired) electrons. The van der Waals surface area contributed by atoms with Crippen molar-refractivity contribution in [3.05, 3.63) is 29.5 Å². The second-order valence-corrected chi connectivity index (χ2v) is 3.21. The minimum Gasteiger partial charge on any atom is -0.214 e. The molecule has 1 aliphatic rings. The lowest BCUT2D eigenvalue weighted by Gasteiger charge is -2.11. The highest BCUT2D eigenvalue weighted by atomic mass is 14.6. The molecule has 0 bridgehead atoms. The van der Waals surface area contributed by atoms with Gasteiger partial charge >= 0.3 is 0 Å². The van der Waals surface area contributed by atoms with Gasteiger partial charge in [-0.2, -0.15) is 0 Å². The fraction of sp³-hybridized carbons (Fsp3) is 0.455. The Morgan fingerprint density at radius 1 is 1.50 bits per heavy atom. The fourth-order valence-corrected chi connectivity index (χ4v) is 1.33. The highest BCUT2D eigenvalue weighted by Gasteiger charge is 2.07. The third kappa shape index (κ3) is 1.96. The van der Waals surface area contributed by atoms with E-state index in [1.54, 1.807) is 0 Å². The first-order valence-electron chi connectivity index (χ1n) is 4.44. The topological polar surface area (TPSA) is 12.4 Å². The Morgan fingerprint density at radius 3 is 2.83 bits per heavy atom. The van der Waals surface area contributed by atoms with Crippen molar-refractivity contribution in [3.8, 4) is 0 Å². The van der Waals surface area contributed by atoms with Crippen LogP contribution >= 0.6 is 0 Å². The zero-order valence-electron chi connectivity index (χ0n) is 7.96. The molecule has 0 N–H and O–H groups in total. The highest BCUT2D eigenvalue weighted by Crippen LogP contribution is 2.22. The molecule has 1 rings (SSSR count). The average Bonchev–Trinajstić information content (AvgIpc) is 2.27. The van der Waals surface area contributed by atoms with Gasteiger partial charge in [-0.05, 0) is 41.5 Å². The molecular formula is C11H15N. The number of rotatable bonds is 2. The van der Waals surface area contributed by atoms with Crippen LogP contribution in [0.1, 0.15) is 27.2 Å². The molecule has 0 aromatic heterocycles. The zero-order valence-corrected chi connectivity index (χ0v) is 7.96. The van der Waals surface area contributed by atoms with Crippen molar-refractivity contribution in [1.82, 2.24) is 0 Å². The molecule has 12 heavy (non-hydrogen) atoms. The molecule has 1 heterocycles. The van der Waals surface area contributed by atoms with E-state index < -0.39 is 0 Å². The molecule has 64 valence electrons. The van der Waals surface area contributed by atoms with Gasteiger partial charge in [-0.3, -0.25) is 0 Å². The van der Waals surface area contributed by atoms with Crippen LogP contribution in [-0.4, -0.2) is 5.87 Å². The molecule has 0 unspecified atom stereocenters. The number of hydrogen-bond acceptors (Lipinski definition) is 1. The van der Waals surface area contributed by atoms with Crippen LogP contribution in [0.15, 0.2) is 34.5 Å². The molecule has 1 aliphatic heterocycles. The maximum atomic E-state index is 4.04.